The Hall–Kier alpha value is -0.600. The third-order valence-corrected chi connectivity index (χ3v) is 1.89. The summed E-state index contributed by atoms with van der Waals surface area (Å²) in [6.07, 6.45) is -4.90. The van der Waals surface area contributed by atoms with Gasteiger partial charge in [0.2, 0.25) is 0 Å². The Kier molecular flexibility index (Phi) is 5.39. The molecule has 1 nitrogen and oxygen atoms in total. The molecule has 0 bridgehead atoms. The molecular weight excluding hydrogens is 276 g/mol. The van der Waals surface area contributed by atoms with E-state index < -0.39 is 30.8 Å². The summed E-state index contributed by atoms with van der Waals surface area (Å²) in [6.45, 7) is 0.570. The molecule has 9 heteroatoms. The highest BCUT2D eigenvalue weighted by Gasteiger charge is 2.75. The van der Waals surface area contributed by atoms with E-state index in [2.05, 4.69) is 4.74 Å². The average molecular weight is 288 g/mol. The molecule has 0 saturated heterocycles. The number of ether oxygens (including phenoxy) is 1. The quantitative estimate of drug-likeness (QED) is 0.647. The minimum absolute atomic E-state index is 0.301. The molecule has 0 radical (unpaired) electrons. The summed E-state index contributed by atoms with van der Waals surface area (Å²) in [4.78, 5) is 0. The number of alkyl halides is 8. The van der Waals surface area contributed by atoms with E-state index in [0.29, 0.717) is 0 Å². The Morgan fingerprint density at radius 1 is 0.944 bits per heavy atom. The lowest BCUT2D eigenvalue weighted by atomic mass is 10.1. The van der Waals surface area contributed by atoms with Crippen molar-refractivity contribution in [1.82, 2.24) is 0 Å². The summed E-state index contributed by atoms with van der Waals surface area (Å²) in [5, 5.41) is 0. The molecule has 0 aromatic carbocycles. The summed E-state index contributed by atoms with van der Waals surface area (Å²) >= 11 is 0. The van der Waals surface area contributed by atoms with Crippen molar-refractivity contribution in [2.75, 3.05) is 13.2 Å². The molecule has 0 amide bonds. The van der Waals surface area contributed by atoms with Crippen molar-refractivity contribution in [1.29, 1.82) is 0 Å². The van der Waals surface area contributed by atoms with Crippen LogP contribution in [0.4, 0.5) is 35.1 Å². The molecule has 0 fully saturated rings. The minimum Gasteiger partial charge on any atom is -0.375 e. The first-order valence-corrected chi connectivity index (χ1v) is 4.85. The van der Waals surface area contributed by atoms with Crippen LogP contribution in [0.1, 0.15) is 13.8 Å². The molecule has 0 rings (SSSR count). The molecule has 0 aliphatic carbocycles. The molecule has 18 heavy (non-hydrogen) atoms. The van der Waals surface area contributed by atoms with Crippen LogP contribution in [0.15, 0.2) is 0 Å². The van der Waals surface area contributed by atoms with Crippen LogP contribution in [0.5, 0.6) is 0 Å². The molecule has 0 aliphatic rings. The lowest BCUT2D eigenvalue weighted by Crippen LogP contribution is -2.59. The average Bonchev–Trinajstić information content (AvgIpc) is 2.15. The van der Waals surface area contributed by atoms with Gasteiger partial charge in [-0.05, 0) is 5.92 Å². The fourth-order valence-corrected chi connectivity index (χ4v) is 0.894. The first kappa shape index (κ1) is 17.4. The summed E-state index contributed by atoms with van der Waals surface area (Å²) in [6, 6.07) is 0. The molecule has 0 unspecified atom stereocenters. The van der Waals surface area contributed by atoms with Crippen molar-refractivity contribution < 1.29 is 39.9 Å². The fourth-order valence-electron chi connectivity index (χ4n) is 0.894. The normalized spacial score (nSPS) is 14.7. The first-order chi connectivity index (χ1) is 7.86. The maximum Gasteiger partial charge on any atom is 0.380 e. The van der Waals surface area contributed by atoms with Gasteiger partial charge in [-0.1, -0.05) is 13.8 Å². The molecule has 0 aromatic heterocycles. The number of halogens is 8. The van der Waals surface area contributed by atoms with Gasteiger partial charge >= 0.3 is 24.2 Å². The van der Waals surface area contributed by atoms with E-state index in [1.165, 1.54) is 13.8 Å². The lowest BCUT2D eigenvalue weighted by Gasteiger charge is -2.32. The largest absolute Gasteiger partial charge is 0.380 e. The van der Waals surface area contributed by atoms with Gasteiger partial charge in [0.05, 0.1) is 0 Å². The van der Waals surface area contributed by atoms with Crippen molar-refractivity contribution >= 4 is 0 Å². The highest BCUT2D eigenvalue weighted by molar-refractivity contribution is 4.97. The van der Waals surface area contributed by atoms with Gasteiger partial charge in [0.1, 0.15) is 6.61 Å². The van der Waals surface area contributed by atoms with Crippen LogP contribution in [-0.4, -0.2) is 37.4 Å². The molecule has 110 valence electrons. The first-order valence-electron chi connectivity index (χ1n) is 4.85. The predicted octanol–water partition coefficient (Wildman–Crippen LogP) is 3.83. The predicted molar refractivity (Wildman–Crippen MR) is 46.5 cm³/mol. The summed E-state index contributed by atoms with van der Waals surface area (Å²) in [5.41, 5.74) is 0. The second-order valence-electron chi connectivity index (χ2n) is 4.11. The van der Waals surface area contributed by atoms with Crippen LogP contribution in [0.25, 0.3) is 0 Å². The van der Waals surface area contributed by atoms with Crippen molar-refractivity contribution in [2.45, 2.75) is 38.0 Å². The summed E-state index contributed by atoms with van der Waals surface area (Å²) in [5.74, 6) is -18.0. The van der Waals surface area contributed by atoms with Crippen LogP contribution in [-0.2, 0) is 4.74 Å². The van der Waals surface area contributed by atoms with E-state index in [0.717, 1.165) is 0 Å². The smallest absolute Gasteiger partial charge is 0.375 e. The van der Waals surface area contributed by atoms with Gasteiger partial charge in [0.25, 0.3) is 0 Å². The maximum atomic E-state index is 12.8. The van der Waals surface area contributed by atoms with Crippen molar-refractivity contribution in [3.63, 3.8) is 0 Å². The van der Waals surface area contributed by atoms with Gasteiger partial charge in [-0.25, -0.2) is 8.78 Å². The van der Waals surface area contributed by atoms with Gasteiger partial charge in [-0.2, -0.15) is 26.3 Å². The van der Waals surface area contributed by atoms with Crippen LogP contribution < -0.4 is 0 Å². The van der Waals surface area contributed by atoms with E-state index in [9.17, 15) is 35.1 Å². The molecule has 0 N–H and O–H groups in total. The molecule has 0 aliphatic heterocycles. The standard InChI is InChI=1S/C9H12F8O/c1-5(2)3-18-4-7(12,13)9(16,17)8(14,15)6(10)11/h5-6H,3-4H2,1-2H3. The van der Waals surface area contributed by atoms with Crippen LogP contribution in [0.2, 0.25) is 0 Å². The third-order valence-electron chi connectivity index (χ3n) is 1.89. The summed E-state index contributed by atoms with van der Waals surface area (Å²) < 4.78 is 103. The number of hydrogen-bond acceptors (Lipinski definition) is 1. The highest BCUT2D eigenvalue weighted by Crippen LogP contribution is 2.48. The van der Waals surface area contributed by atoms with E-state index >= 15 is 0 Å². The zero-order valence-corrected chi connectivity index (χ0v) is 9.50. The minimum atomic E-state index is -6.19. The molecule has 0 saturated carbocycles. The maximum absolute atomic E-state index is 12.8. The van der Waals surface area contributed by atoms with E-state index in [1.54, 1.807) is 0 Å². The second-order valence-corrected chi connectivity index (χ2v) is 4.11. The zero-order valence-electron chi connectivity index (χ0n) is 9.50. The van der Waals surface area contributed by atoms with Crippen molar-refractivity contribution in [3.05, 3.63) is 0 Å². The number of rotatable bonds is 7. The SMILES string of the molecule is CC(C)COCC(F)(F)C(F)(F)C(F)(F)C(F)F. The van der Waals surface area contributed by atoms with Crippen LogP contribution in [0, 0.1) is 5.92 Å². The van der Waals surface area contributed by atoms with E-state index in [-0.39, 0.29) is 12.5 Å². The fraction of sp³-hybridized carbons (Fsp3) is 1.00. The van der Waals surface area contributed by atoms with Crippen molar-refractivity contribution in [2.24, 2.45) is 5.92 Å². The topological polar surface area (TPSA) is 9.23 Å². The van der Waals surface area contributed by atoms with E-state index in [1.807, 2.05) is 0 Å². The molecule has 0 atom stereocenters. The highest BCUT2D eigenvalue weighted by atomic mass is 19.4. The van der Waals surface area contributed by atoms with Crippen molar-refractivity contribution in [3.8, 4) is 0 Å². The second kappa shape index (κ2) is 5.58. The zero-order chi connectivity index (χ0) is 14.8. The molecule has 0 aromatic rings. The third kappa shape index (κ3) is 3.46. The van der Waals surface area contributed by atoms with Gasteiger partial charge in [-0.15, -0.1) is 0 Å². The van der Waals surface area contributed by atoms with Crippen LogP contribution >= 0.6 is 0 Å². The van der Waals surface area contributed by atoms with E-state index in [4.69, 9.17) is 0 Å². The Bertz CT molecular complexity index is 263. The van der Waals surface area contributed by atoms with Gasteiger partial charge in [0.15, 0.2) is 0 Å². The van der Waals surface area contributed by atoms with Gasteiger partial charge < -0.3 is 4.74 Å². The van der Waals surface area contributed by atoms with Gasteiger partial charge in [-0.3, -0.25) is 0 Å². The molecule has 0 heterocycles. The molecule has 0 spiro atoms. The number of hydrogen-bond donors (Lipinski definition) is 0. The molecular formula is C9H12F8O. The monoisotopic (exact) mass is 288 g/mol. The Labute approximate surface area is 98.1 Å². The summed E-state index contributed by atoms with van der Waals surface area (Å²) in [7, 11) is 0. The Morgan fingerprint density at radius 2 is 1.39 bits per heavy atom. The Balaban J connectivity index is 4.85. The van der Waals surface area contributed by atoms with Gasteiger partial charge in [0, 0.05) is 6.61 Å². The van der Waals surface area contributed by atoms with Crippen LogP contribution in [0.3, 0.4) is 0 Å². The Morgan fingerprint density at radius 3 is 1.72 bits per heavy atom. The lowest BCUT2D eigenvalue weighted by molar-refractivity contribution is -0.346.